The van der Waals surface area contributed by atoms with Gasteiger partial charge in [0, 0.05) is 34.9 Å². The molecule has 2 aromatic carbocycles. The highest BCUT2D eigenvalue weighted by molar-refractivity contribution is 6.03. The number of hydrogen-bond donors (Lipinski definition) is 2. The number of amides is 2. The van der Waals surface area contributed by atoms with Crippen molar-refractivity contribution in [2.45, 2.75) is 39.5 Å². The zero-order chi connectivity index (χ0) is 24.2. The molecule has 0 saturated carbocycles. The minimum Gasteiger partial charge on any atom is -0.493 e. The van der Waals surface area contributed by atoms with Crippen molar-refractivity contribution in [3.63, 3.8) is 0 Å². The molecular formula is C24H25F3N2O4. The molecule has 1 heterocycles. The van der Waals surface area contributed by atoms with E-state index < -0.39 is 24.5 Å². The summed E-state index contributed by atoms with van der Waals surface area (Å²) in [6.45, 7) is 4.58. The minimum atomic E-state index is -4.51. The molecule has 1 unspecified atom stereocenters. The SMILES string of the molecule is CCOc1cc2c(cc1/C=C/C(=O)Nc1cc(C(=O)NCC(F)(F)F)ccc1C)OC(C)C2. The van der Waals surface area contributed by atoms with Crippen LogP contribution in [0.4, 0.5) is 18.9 Å². The van der Waals surface area contributed by atoms with Crippen LogP contribution in [0.1, 0.15) is 40.9 Å². The van der Waals surface area contributed by atoms with Gasteiger partial charge in [-0.2, -0.15) is 13.2 Å². The molecule has 33 heavy (non-hydrogen) atoms. The van der Waals surface area contributed by atoms with Crippen LogP contribution in [0, 0.1) is 6.92 Å². The summed E-state index contributed by atoms with van der Waals surface area (Å²) in [6, 6.07) is 8.01. The molecule has 2 amide bonds. The van der Waals surface area contributed by atoms with Gasteiger partial charge in [0.25, 0.3) is 5.91 Å². The first-order valence-corrected chi connectivity index (χ1v) is 10.5. The highest BCUT2D eigenvalue weighted by Crippen LogP contribution is 2.35. The minimum absolute atomic E-state index is 0.00709. The Labute approximate surface area is 189 Å². The third-order valence-corrected chi connectivity index (χ3v) is 4.95. The van der Waals surface area contributed by atoms with Gasteiger partial charge in [-0.05, 0) is 56.7 Å². The predicted octanol–water partition coefficient (Wildman–Crippen LogP) is 4.66. The number of carbonyl (C=O) groups excluding carboxylic acids is 2. The molecule has 6 nitrogen and oxygen atoms in total. The summed E-state index contributed by atoms with van der Waals surface area (Å²) in [5.41, 5.74) is 2.70. The van der Waals surface area contributed by atoms with E-state index in [0.29, 0.717) is 29.2 Å². The van der Waals surface area contributed by atoms with Crippen LogP contribution in [0.15, 0.2) is 36.4 Å². The van der Waals surface area contributed by atoms with Crippen molar-refractivity contribution in [3.05, 3.63) is 58.7 Å². The number of alkyl halides is 3. The Morgan fingerprint density at radius 2 is 2.00 bits per heavy atom. The lowest BCUT2D eigenvalue weighted by Gasteiger charge is -2.12. The van der Waals surface area contributed by atoms with Crippen LogP contribution < -0.4 is 20.1 Å². The average molecular weight is 462 g/mol. The maximum atomic E-state index is 12.5. The smallest absolute Gasteiger partial charge is 0.405 e. The summed E-state index contributed by atoms with van der Waals surface area (Å²) in [5, 5.41) is 4.47. The maximum absolute atomic E-state index is 12.5. The zero-order valence-corrected chi connectivity index (χ0v) is 18.5. The molecule has 0 aromatic heterocycles. The van der Waals surface area contributed by atoms with Gasteiger partial charge in [0.2, 0.25) is 5.91 Å². The molecule has 2 aromatic rings. The number of anilines is 1. The molecule has 0 saturated heterocycles. The van der Waals surface area contributed by atoms with Crippen molar-refractivity contribution in [2.75, 3.05) is 18.5 Å². The van der Waals surface area contributed by atoms with E-state index in [9.17, 15) is 22.8 Å². The van der Waals surface area contributed by atoms with Crippen LogP contribution in [0.5, 0.6) is 11.5 Å². The van der Waals surface area contributed by atoms with Crippen LogP contribution in [0.25, 0.3) is 6.08 Å². The Balaban J connectivity index is 1.73. The number of halogens is 3. The number of hydrogen-bond acceptors (Lipinski definition) is 4. The standard InChI is InChI=1S/C24H25F3N2O4/c1-4-32-20-12-18-9-15(3)33-21(18)11-16(20)7-8-22(30)29-19-10-17(6-5-14(19)2)23(31)28-13-24(25,26)27/h5-8,10-12,15H,4,9,13H2,1-3H3,(H,28,31)(H,29,30)/b8-7+. The highest BCUT2D eigenvalue weighted by Gasteiger charge is 2.28. The monoisotopic (exact) mass is 462 g/mol. The zero-order valence-electron chi connectivity index (χ0n) is 18.5. The van der Waals surface area contributed by atoms with E-state index in [1.807, 2.05) is 31.3 Å². The third-order valence-electron chi connectivity index (χ3n) is 4.95. The molecule has 0 fully saturated rings. The molecular weight excluding hydrogens is 437 g/mol. The van der Waals surface area contributed by atoms with Crippen molar-refractivity contribution in [1.29, 1.82) is 0 Å². The topological polar surface area (TPSA) is 76.7 Å². The second-order valence-electron chi connectivity index (χ2n) is 7.71. The average Bonchev–Trinajstić information content (AvgIpc) is 3.10. The molecule has 0 spiro atoms. The van der Waals surface area contributed by atoms with E-state index in [1.165, 1.54) is 18.2 Å². The number of nitrogens with one attached hydrogen (secondary N) is 2. The number of fused-ring (bicyclic) bond motifs is 1. The van der Waals surface area contributed by atoms with Gasteiger partial charge in [-0.3, -0.25) is 9.59 Å². The molecule has 176 valence electrons. The van der Waals surface area contributed by atoms with Crippen LogP contribution in [-0.2, 0) is 11.2 Å². The Morgan fingerprint density at radius 3 is 2.70 bits per heavy atom. The summed E-state index contributed by atoms with van der Waals surface area (Å²) < 4.78 is 48.5. The van der Waals surface area contributed by atoms with E-state index in [1.54, 1.807) is 19.1 Å². The van der Waals surface area contributed by atoms with Gasteiger partial charge < -0.3 is 20.1 Å². The van der Waals surface area contributed by atoms with Crippen LogP contribution in [-0.4, -0.2) is 37.2 Å². The van der Waals surface area contributed by atoms with Crippen LogP contribution in [0.2, 0.25) is 0 Å². The first-order valence-electron chi connectivity index (χ1n) is 10.5. The molecule has 3 rings (SSSR count). The summed E-state index contributed by atoms with van der Waals surface area (Å²) in [4.78, 5) is 24.5. The number of benzene rings is 2. The van der Waals surface area contributed by atoms with Gasteiger partial charge >= 0.3 is 6.18 Å². The van der Waals surface area contributed by atoms with Gasteiger partial charge in [-0.25, -0.2) is 0 Å². The molecule has 1 aliphatic rings. The Bertz CT molecular complexity index is 1080. The number of aryl methyl sites for hydroxylation is 1. The van der Waals surface area contributed by atoms with E-state index in [2.05, 4.69) is 5.32 Å². The van der Waals surface area contributed by atoms with Gasteiger partial charge in [-0.1, -0.05) is 6.07 Å². The Morgan fingerprint density at radius 1 is 1.24 bits per heavy atom. The first-order chi connectivity index (χ1) is 15.6. The molecule has 9 heteroatoms. The Kier molecular flexibility index (Phi) is 7.30. The first kappa shape index (κ1) is 24.2. The van der Waals surface area contributed by atoms with Gasteiger partial charge in [-0.15, -0.1) is 0 Å². The summed E-state index contributed by atoms with van der Waals surface area (Å²) in [5.74, 6) is 0.0345. The summed E-state index contributed by atoms with van der Waals surface area (Å²) >= 11 is 0. The lowest BCUT2D eigenvalue weighted by atomic mass is 10.1. The fraction of sp³-hybridized carbons (Fsp3) is 0.333. The second kappa shape index (κ2) is 9.97. The summed E-state index contributed by atoms with van der Waals surface area (Å²) in [6.07, 6.45) is -0.740. The largest absolute Gasteiger partial charge is 0.493 e. The van der Waals surface area contributed by atoms with Crippen LogP contribution >= 0.6 is 0 Å². The normalized spacial score (nSPS) is 15.2. The molecule has 0 aliphatic carbocycles. The lowest BCUT2D eigenvalue weighted by Crippen LogP contribution is -2.33. The molecule has 0 radical (unpaired) electrons. The van der Waals surface area contributed by atoms with Crippen molar-refractivity contribution < 1.29 is 32.2 Å². The molecule has 1 aliphatic heterocycles. The fourth-order valence-corrected chi connectivity index (χ4v) is 3.39. The summed E-state index contributed by atoms with van der Waals surface area (Å²) in [7, 11) is 0. The number of carbonyl (C=O) groups is 2. The second-order valence-corrected chi connectivity index (χ2v) is 7.71. The van der Waals surface area contributed by atoms with Gasteiger partial charge in [0.1, 0.15) is 24.1 Å². The predicted molar refractivity (Wildman–Crippen MR) is 119 cm³/mol. The molecule has 2 N–H and O–H groups in total. The van der Waals surface area contributed by atoms with E-state index in [-0.39, 0.29) is 11.7 Å². The van der Waals surface area contributed by atoms with E-state index in [4.69, 9.17) is 9.47 Å². The van der Waals surface area contributed by atoms with Gasteiger partial charge in [0.15, 0.2) is 0 Å². The van der Waals surface area contributed by atoms with E-state index >= 15 is 0 Å². The van der Waals surface area contributed by atoms with Crippen molar-refractivity contribution in [2.24, 2.45) is 0 Å². The van der Waals surface area contributed by atoms with Gasteiger partial charge in [0.05, 0.1) is 6.61 Å². The number of rotatable bonds is 7. The fourth-order valence-electron chi connectivity index (χ4n) is 3.39. The number of ether oxygens (including phenoxy) is 2. The van der Waals surface area contributed by atoms with Crippen LogP contribution in [0.3, 0.4) is 0 Å². The molecule has 1 atom stereocenters. The van der Waals surface area contributed by atoms with Crippen molar-refractivity contribution >= 4 is 23.6 Å². The quantitative estimate of drug-likeness (QED) is 0.587. The van der Waals surface area contributed by atoms with E-state index in [0.717, 1.165) is 17.7 Å². The highest BCUT2D eigenvalue weighted by atomic mass is 19.4. The lowest BCUT2D eigenvalue weighted by molar-refractivity contribution is -0.123. The van der Waals surface area contributed by atoms with Crippen molar-refractivity contribution in [1.82, 2.24) is 5.32 Å². The Hall–Kier alpha value is -3.49. The molecule has 0 bridgehead atoms. The van der Waals surface area contributed by atoms with Crippen molar-refractivity contribution in [3.8, 4) is 11.5 Å². The third kappa shape index (κ3) is 6.50. The maximum Gasteiger partial charge on any atom is 0.405 e.